The van der Waals surface area contributed by atoms with E-state index in [0.29, 0.717) is 5.76 Å². The summed E-state index contributed by atoms with van der Waals surface area (Å²) < 4.78 is 10.2. The van der Waals surface area contributed by atoms with Crippen molar-refractivity contribution < 1.29 is 8.94 Å². The monoisotopic (exact) mass is 149 g/mol. The maximum Gasteiger partial charge on any atom is 0.202 e. The highest BCUT2D eigenvalue weighted by Gasteiger charge is 2.04. The molecule has 0 aliphatic heterocycles. The third-order valence-corrected chi connectivity index (χ3v) is 1.42. The van der Waals surface area contributed by atoms with Gasteiger partial charge in [0.25, 0.3) is 0 Å². The van der Waals surface area contributed by atoms with Crippen LogP contribution >= 0.6 is 0 Å². The fraction of sp³-hybridized carbons (Fsp3) is 0.125. The van der Waals surface area contributed by atoms with Crippen LogP contribution in [0.1, 0.15) is 5.76 Å². The molecule has 0 spiro atoms. The maximum absolute atomic E-state index is 5.29. The van der Waals surface area contributed by atoms with Crippen molar-refractivity contribution in [3.05, 3.63) is 30.2 Å². The molecule has 0 atom stereocenters. The molecule has 0 saturated carbocycles. The molecule has 0 unspecified atom stereocenters. The molecule has 0 aliphatic rings. The summed E-state index contributed by atoms with van der Waals surface area (Å²) in [5.41, 5.74) is 0. The molecule has 11 heavy (non-hydrogen) atoms. The predicted octanol–water partition coefficient (Wildman–Crippen LogP) is 2.24. The molecule has 0 fully saturated rings. The van der Waals surface area contributed by atoms with Crippen molar-refractivity contribution in [3.8, 4) is 11.5 Å². The number of nitrogens with zero attached hydrogens (tertiary/aromatic N) is 1. The first-order valence-corrected chi connectivity index (χ1v) is 3.34. The molecule has 2 rings (SSSR count). The van der Waals surface area contributed by atoms with Gasteiger partial charge in [-0.3, -0.25) is 0 Å². The van der Waals surface area contributed by atoms with Crippen LogP contribution in [0, 0.1) is 6.92 Å². The summed E-state index contributed by atoms with van der Waals surface area (Å²) in [6.45, 7) is 1.89. The second-order valence-electron chi connectivity index (χ2n) is 2.29. The van der Waals surface area contributed by atoms with Gasteiger partial charge in [0.2, 0.25) is 5.76 Å². The highest BCUT2D eigenvalue weighted by molar-refractivity contribution is 5.48. The van der Waals surface area contributed by atoms with Gasteiger partial charge in [0.1, 0.15) is 5.76 Å². The number of hydrogen-bond donors (Lipinski definition) is 0. The van der Waals surface area contributed by atoms with Crippen LogP contribution in [0.15, 0.2) is 33.3 Å². The van der Waals surface area contributed by atoms with Crippen LogP contribution in [0.5, 0.6) is 0 Å². The van der Waals surface area contributed by atoms with Crippen molar-refractivity contribution in [2.75, 3.05) is 0 Å². The van der Waals surface area contributed by atoms with E-state index in [1.807, 2.05) is 19.1 Å². The van der Waals surface area contributed by atoms with Crippen molar-refractivity contribution in [1.82, 2.24) is 5.16 Å². The number of hydrogen-bond acceptors (Lipinski definition) is 3. The van der Waals surface area contributed by atoms with Crippen molar-refractivity contribution in [2.45, 2.75) is 6.92 Å². The molecule has 2 aromatic rings. The third-order valence-electron chi connectivity index (χ3n) is 1.42. The Balaban J connectivity index is 2.45. The summed E-state index contributed by atoms with van der Waals surface area (Å²) in [6.07, 6.45) is 1.59. The maximum atomic E-state index is 5.29. The van der Waals surface area contributed by atoms with Gasteiger partial charge < -0.3 is 8.94 Å². The van der Waals surface area contributed by atoms with Gasteiger partial charge in [-0.15, -0.1) is 0 Å². The molecule has 0 aliphatic carbocycles. The lowest BCUT2D eigenvalue weighted by Crippen LogP contribution is -1.63. The molecule has 0 bridgehead atoms. The molecular weight excluding hydrogens is 142 g/mol. The zero-order chi connectivity index (χ0) is 7.68. The first-order chi connectivity index (χ1) is 5.36. The number of rotatable bonds is 1. The van der Waals surface area contributed by atoms with E-state index < -0.39 is 0 Å². The van der Waals surface area contributed by atoms with Crippen LogP contribution in [-0.4, -0.2) is 5.16 Å². The molecule has 3 nitrogen and oxygen atoms in total. The second-order valence-corrected chi connectivity index (χ2v) is 2.29. The fourth-order valence-electron chi connectivity index (χ4n) is 0.910. The van der Waals surface area contributed by atoms with Gasteiger partial charge in [-0.1, -0.05) is 5.16 Å². The normalized spacial score (nSPS) is 10.3. The zero-order valence-electron chi connectivity index (χ0n) is 6.07. The molecule has 0 saturated heterocycles. The van der Waals surface area contributed by atoms with Gasteiger partial charge >= 0.3 is 0 Å². The van der Waals surface area contributed by atoms with E-state index in [1.54, 1.807) is 12.3 Å². The number of aryl methyl sites for hydroxylation is 1. The average molecular weight is 149 g/mol. The van der Waals surface area contributed by atoms with Crippen LogP contribution in [0.2, 0.25) is 0 Å². The standard InChI is InChI=1S/C8H7NO2/c1-6-2-3-7(10-6)8-4-5-9-11-8/h2-5H,1H3. The Morgan fingerprint density at radius 1 is 1.18 bits per heavy atom. The number of furan rings is 1. The highest BCUT2D eigenvalue weighted by Crippen LogP contribution is 2.20. The van der Waals surface area contributed by atoms with E-state index in [0.717, 1.165) is 11.5 Å². The Labute approximate surface area is 63.6 Å². The Hall–Kier alpha value is -1.51. The minimum absolute atomic E-state index is 0.665. The van der Waals surface area contributed by atoms with Gasteiger partial charge in [-0.2, -0.15) is 0 Å². The molecule has 0 radical (unpaired) electrons. The van der Waals surface area contributed by atoms with E-state index in [4.69, 9.17) is 8.94 Å². The smallest absolute Gasteiger partial charge is 0.202 e. The van der Waals surface area contributed by atoms with Gasteiger partial charge in [-0.05, 0) is 19.1 Å². The summed E-state index contributed by atoms with van der Waals surface area (Å²) >= 11 is 0. The van der Waals surface area contributed by atoms with Crippen molar-refractivity contribution >= 4 is 0 Å². The van der Waals surface area contributed by atoms with E-state index in [2.05, 4.69) is 5.16 Å². The molecule has 0 N–H and O–H groups in total. The SMILES string of the molecule is Cc1ccc(-c2ccno2)o1. The van der Waals surface area contributed by atoms with E-state index in [1.165, 1.54) is 0 Å². The molecule has 0 amide bonds. The topological polar surface area (TPSA) is 39.2 Å². The Kier molecular flexibility index (Phi) is 1.28. The first kappa shape index (κ1) is 6.22. The van der Waals surface area contributed by atoms with E-state index >= 15 is 0 Å². The average Bonchev–Trinajstić information content (AvgIpc) is 2.55. The molecule has 56 valence electrons. The predicted molar refractivity (Wildman–Crippen MR) is 38.9 cm³/mol. The lowest BCUT2D eigenvalue weighted by molar-refractivity contribution is 0.415. The summed E-state index contributed by atoms with van der Waals surface area (Å²) in [7, 11) is 0. The quantitative estimate of drug-likeness (QED) is 0.624. The molecule has 0 aromatic carbocycles. The molecule has 2 aromatic heterocycles. The minimum Gasteiger partial charge on any atom is -0.458 e. The zero-order valence-corrected chi connectivity index (χ0v) is 6.07. The Morgan fingerprint density at radius 3 is 2.64 bits per heavy atom. The van der Waals surface area contributed by atoms with Crippen LogP contribution in [0.3, 0.4) is 0 Å². The van der Waals surface area contributed by atoms with Crippen LogP contribution < -0.4 is 0 Å². The second kappa shape index (κ2) is 2.27. The minimum atomic E-state index is 0.665. The Morgan fingerprint density at radius 2 is 2.09 bits per heavy atom. The van der Waals surface area contributed by atoms with Crippen LogP contribution in [-0.2, 0) is 0 Å². The van der Waals surface area contributed by atoms with E-state index in [-0.39, 0.29) is 0 Å². The largest absolute Gasteiger partial charge is 0.458 e. The summed E-state index contributed by atoms with van der Waals surface area (Å²) in [6, 6.07) is 5.51. The molecular formula is C8H7NO2. The van der Waals surface area contributed by atoms with E-state index in [9.17, 15) is 0 Å². The summed E-state index contributed by atoms with van der Waals surface area (Å²) in [4.78, 5) is 0. The molecule has 3 heteroatoms. The first-order valence-electron chi connectivity index (χ1n) is 3.34. The van der Waals surface area contributed by atoms with Gasteiger partial charge in [-0.25, -0.2) is 0 Å². The summed E-state index contributed by atoms with van der Waals surface area (Å²) in [5, 5.41) is 3.57. The van der Waals surface area contributed by atoms with Crippen molar-refractivity contribution in [3.63, 3.8) is 0 Å². The van der Waals surface area contributed by atoms with Crippen LogP contribution in [0.4, 0.5) is 0 Å². The number of aromatic nitrogens is 1. The van der Waals surface area contributed by atoms with Gasteiger partial charge in [0.05, 0.1) is 6.20 Å². The highest BCUT2D eigenvalue weighted by atomic mass is 16.5. The third kappa shape index (κ3) is 1.05. The van der Waals surface area contributed by atoms with Gasteiger partial charge in [0.15, 0.2) is 5.76 Å². The Bertz CT molecular complexity index is 335. The lowest BCUT2D eigenvalue weighted by Gasteiger charge is -1.85. The fourth-order valence-corrected chi connectivity index (χ4v) is 0.910. The van der Waals surface area contributed by atoms with Crippen LogP contribution in [0.25, 0.3) is 11.5 Å². The van der Waals surface area contributed by atoms with Gasteiger partial charge in [0, 0.05) is 6.07 Å². The van der Waals surface area contributed by atoms with Crippen molar-refractivity contribution in [1.29, 1.82) is 0 Å². The lowest BCUT2D eigenvalue weighted by atomic mass is 10.3. The summed E-state index contributed by atoms with van der Waals surface area (Å²) in [5.74, 6) is 2.26. The van der Waals surface area contributed by atoms with Crippen molar-refractivity contribution in [2.24, 2.45) is 0 Å². The molecule has 2 heterocycles.